The molecule has 1 aromatic rings. The van der Waals surface area contributed by atoms with E-state index in [1.54, 1.807) is 20.9 Å². The van der Waals surface area contributed by atoms with E-state index in [-0.39, 0.29) is 12.0 Å². The van der Waals surface area contributed by atoms with Gasteiger partial charge in [-0.15, -0.1) is 13.2 Å². The molecular weight excluding hydrogens is 456 g/mol. The Morgan fingerprint density at radius 3 is 2.36 bits per heavy atom. The Bertz CT molecular complexity index is 1290. The van der Waals surface area contributed by atoms with Crippen LogP contribution in [0.25, 0.3) is 12.2 Å². The van der Waals surface area contributed by atoms with Gasteiger partial charge in [0.1, 0.15) is 0 Å². The molecule has 36 heavy (non-hydrogen) atoms. The van der Waals surface area contributed by atoms with Crippen molar-refractivity contribution in [1.29, 1.82) is 0 Å². The van der Waals surface area contributed by atoms with Gasteiger partial charge in [0.25, 0.3) is 0 Å². The summed E-state index contributed by atoms with van der Waals surface area (Å²) in [7, 11) is 4.75. The number of hydrogen-bond acceptors (Lipinski definition) is 6. The molecule has 0 radical (unpaired) electrons. The third-order valence-electron chi connectivity index (χ3n) is 5.99. The Morgan fingerprint density at radius 2 is 1.89 bits per heavy atom. The molecule has 8 heteroatoms. The Morgan fingerprint density at radius 1 is 1.25 bits per heavy atom. The molecule has 0 fully saturated rings. The van der Waals surface area contributed by atoms with Gasteiger partial charge in [-0.3, -0.25) is 9.79 Å². The van der Waals surface area contributed by atoms with Crippen LogP contribution in [0.2, 0.25) is 0 Å². The quantitative estimate of drug-likeness (QED) is 0.292. The van der Waals surface area contributed by atoms with Crippen LogP contribution in [0.1, 0.15) is 45.2 Å². The highest BCUT2D eigenvalue weighted by molar-refractivity contribution is 6.27. The van der Waals surface area contributed by atoms with E-state index in [0.29, 0.717) is 28.3 Å². The van der Waals surface area contributed by atoms with Gasteiger partial charge in [-0.2, -0.15) is 0 Å². The summed E-state index contributed by atoms with van der Waals surface area (Å²) in [5.74, 6) is -1.59. The number of carbonyl (C=O) groups excluding carboxylic acids is 1. The van der Waals surface area contributed by atoms with Crippen LogP contribution in [-0.4, -0.2) is 54.7 Å². The molecule has 0 saturated heterocycles. The summed E-state index contributed by atoms with van der Waals surface area (Å²) in [6.07, 6.45) is 6.44. The van der Waals surface area contributed by atoms with Crippen LogP contribution >= 0.6 is 0 Å². The van der Waals surface area contributed by atoms with E-state index in [1.807, 2.05) is 32.2 Å². The highest BCUT2D eigenvalue weighted by atomic mass is 16.5. The molecule has 1 aliphatic heterocycles. The van der Waals surface area contributed by atoms with Crippen molar-refractivity contribution >= 4 is 35.5 Å². The number of allylic oxidation sites excluding steroid dienone is 3. The van der Waals surface area contributed by atoms with Crippen LogP contribution in [0.5, 0.6) is 0 Å². The Kier molecular flexibility index (Phi) is 11.6. The van der Waals surface area contributed by atoms with Crippen LogP contribution in [0.3, 0.4) is 0 Å². The van der Waals surface area contributed by atoms with Crippen LogP contribution in [-0.2, 0) is 20.7 Å². The Balaban J connectivity index is 0.00000316. The van der Waals surface area contributed by atoms with Crippen molar-refractivity contribution < 1.29 is 19.4 Å². The zero-order valence-corrected chi connectivity index (χ0v) is 22.6. The fourth-order valence-corrected chi connectivity index (χ4v) is 3.94. The summed E-state index contributed by atoms with van der Waals surface area (Å²) in [6.45, 7) is 15.6. The van der Waals surface area contributed by atoms with Crippen molar-refractivity contribution in [3.05, 3.63) is 69.2 Å². The number of esters is 1. The van der Waals surface area contributed by atoms with Gasteiger partial charge in [-0.1, -0.05) is 13.0 Å². The highest BCUT2D eigenvalue weighted by Crippen LogP contribution is 2.31. The zero-order chi connectivity index (χ0) is 27.6. The van der Waals surface area contributed by atoms with Gasteiger partial charge in [0, 0.05) is 41.8 Å². The molecule has 1 aliphatic rings. The van der Waals surface area contributed by atoms with Crippen LogP contribution in [0.4, 0.5) is 0 Å². The topological polar surface area (TPSA) is 116 Å². The largest absolute Gasteiger partial charge is 0.481 e. The smallest absolute Gasteiger partial charge is 0.340 e. The lowest BCUT2D eigenvalue weighted by atomic mass is 9.98. The second-order valence-corrected chi connectivity index (χ2v) is 7.89. The molecule has 0 amide bonds. The molecule has 1 aromatic heterocycles. The van der Waals surface area contributed by atoms with Gasteiger partial charge in [0.15, 0.2) is 0 Å². The second-order valence-electron chi connectivity index (χ2n) is 7.89. The number of aliphatic carboxylic acids is 1. The van der Waals surface area contributed by atoms with E-state index in [0.717, 1.165) is 33.9 Å². The molecule has 3 N–H and O–H groups in total. The van der Waals surface area contributed by atoms with Gasteiger partial charge >= 0.3 is 11.9 Å². The van der Waals surface area contributed by atoms with Crippen molar-refractivity contribution in [2.24, 2.45) is 9.98 Å². The molecule has 0 bridgehead atoms. The molecule has 8 nitrogen and oxygen atoms in total. The molecule has 0 unspecified atom stereocenters. The number of nitrogens with one attached hydrogen (secondary N) is 2. The number of carbonyl (C=O) groups is 2. The van der Waals surface area contributed by atoms with E-state index in [2.05, 4.69) is 42.3 Å². The van der Waals surface area contributed by atoms with Gasteiger partial charge in [0.05, 0.1) is 30.5 Å². The summed E-state index contributed by atoms with van der Waals surface area (Å²) >= 11 is 0. The molecule has 194 valence electrons. The maximum absolute atomic E-state index is 12.7. The van der Waals surface area contributed by atoms with E-state index in [9.17, 15) is 14.7 Å². The van der Waals surface area contributed by atoms with Crippen molar-refractivity contribution in [3.8, 4) is 0 Å². The van der Waals surface area contributed by atoms with Crippen molar-refractivity contribution in [2.75, 3.05) is 21.2 Å². The first-order valence-electron chi connectivity index (χ1n) is 11.7. The number of carboxylic acid groups (broad SMARTS) is 1. The maximum atomic E-state index is 12.7. The second kappa shape index (κ2) is 13.8. The van der Waals surface area contributed by atoms with Gasteiger partial charge in [-0.25, -0.2) is 9.79 Å². The first kappa shape index (κ1) is 30.1. The van der Waals surface area contributed by atoms with Crippen molar-refractivity contribution in [1.82, 2.24) is 10.3 Å². The number of aromatic amines is 1. The monoisotopic (exact) mass is 494 g/mol. The SMILES string of the molecule is C/C=C(\C=c1/[nH]/c(=C\C2=NC(=C(/CC(=O)O)C(C)=NC)/C(C(=O)OC)=C2C)c(CC)c1C)NC.C=C. The van der Waals surface area contributed by atoms with Crippen LogP contribution in [0.15, 0.2) is 57.3 Å². The maximum Gasteiger partial charge on any atom is 0.340 e. The lowest BCUT2D eigenvalue weighted by Gasteiger charge is -2.10. The molecule has 0 spiro atoms. The fourth-order valence-electron chi connectivity index (χ4n) is 3.94. The summed E-state index contributed by atoms with van der Waals surface area (Å²) in [4.78, 5) is 36.6. The number of aliphatic imine (C=N–C) groups is 2. The lowest BCUT2D eigenvalue weighted by molar-refractivity contribution is -0.137. The zero-order valence-electron chi connectivity index (χ0n) is 22.6. The van der Waals surface area contributed by atoms with Gasteiger partial charge in [-0.05, 0) is 63.0 Å². The molecular formula is C28H38N4O4. The molecule has 0 aromatic carbocycles. The molecule has 0 saturated carbocycles. The van der Waals surface area contributed by atoms with Crippen molar-refractivity contribution in [3.63, 3.8) is 0 Å². The van der Waals surface area contributed by atoms with Gasteiger partial charge in [0.2, 0.25) is 0 Å². The highest BCUT2D eigenvalue weighted by Gasteiger charge is 2.30. The average Bonchev–Trinajstić information content (AvgIpc) is 3.36. The summed E-state index contributed by atoms with van der Waals surface area (Å²) in [6, 6.07) is 0. The number of carboxylic acids is 1. The van der Waals surface area contributed by atoms with E-state index < -0.39 is 11.9 Å². The normalized spacial score (nSPS) is 16.5. The Labute approximate surface area is 213 Å². The number of aromatic nitrogens is 1. The molecule has 2 rings (SSSR count). The third kappa shape index (κ3) is 6.59. The first-order valence-corrected chi connectivity index (χ1v) is 11.7. The van der Waals surface area contributed by atoms with Crippen LogP contribution in [0, 0.1) is 6.92 Å². The van der Waals surface area contributed by atoms with Crippen molar-refractivity contribution in [2.45, 2.75) is 47.5 Å². The fraction of sp³-hybridized carbons (Fsp3) is 0.357. The minimum atomic E-state index is -1.03. The number of hydrogen-bond donors (Lipinski definition) is 3. The standard InChI is InChI=1S/C26H34N4O4.C2H4/c1-9-17(28-7)11-20-14(3)18(10-2)22(29-20)13-21-15(4)24(26(33)34-8)25(30-21)19(12-23(31)32)16(5)27-6;1-2/h9,11,13,28-29H,10,12H2,1-8H3,(H,31,32);1-2H2/b17-9+,20-11-,22-13-,25-19-,27-16?;. The summed E-state index contributed by atoms with van der Waals surface area (Å²) in [5, 5.41) is 14.5. The lowest BCUT2D eigenvalue weighted by Crippen LogP contribution is -2.16. The predicted molar refractivity (Wildman–Crippen MR) is 148 cm³/mol. The number of ether oxygens (including phenoxy) is 1. The third-order valence-corrected chi connectivity index (χ3v) is 5.99. The molecule has 0 aliphatic carbocycles. The minimum absolute atomic E-state index is 0.257. The van der Waals surface area contributed by atoms with E-state index >= 15 is 0 Å². The number of H-pyrrole nitrogens is 1. The Hall–Kier alpha value is -3.94. The summed E-state index contributed by atoms with van der Waals surface area (Å²) < 4.78 is 5.01. The number of nitrogens with zero attached hydrogens (tertiary/aromatic N) is 2. The number of rotatable bonds is 8. The average molecular weight is 495 g/mol. The molecule has 2 heterocycles. The van der Waals surface area contributed by atoms with Gasteiger partial charge < -0.3 is 20.1 Å². The predicted octanol–water partition coefficient (Wildman–Crippen LogP) is 3.14. The minimum Gasteiger partial charge on any atom is -0.481 e. The van der Waals surface area contributed by atoms with E-state index in [1.165, 1.54) is 7.11 Å². The summed E-state index contributed by atoms with van der Waals surface area (Å²) in [5.41, 5.74) is 5.89. The van der Waals surface area contributed by atoms with E-state index in [4.69, 9.17) is 9.73 Å². The molecule has 0 atom stereocenters. The number of methoxy groups -OCH3 is 1. The van der Waals surface area contributed by atoms with Crippen LogP contribution < -0.4 is 16.0 Å². The first-order chi connectivity index (χ1) is 17.1.